The molecular formula is C15H12N2O2. The third-order valence-electron chi connectivity index (χ3n) is 2.99. The molecule has 0 saturated heterocycles. The van der Waals surface area contributed by atoms with Crippen molar-refractivity contribution in [3.05, 3.63) is 54.2 Å². The standard InChI is InChI=1S/C15H12N2O2/c1-10-13(18)7-4-8-14(10)19-15-9-16-17-12-6-3-2-5-11(12)15/h2-9,18H,1H3. The average Bonchev–Trinajstić information content (AvgIpc) is 2.44. The van der Waals surface area contributed by atoms with Gasteiger partial charge in [0.25, 0.3) is 0 Å². The maximum Gasteiger partial charge on any atom is 0.157 e. The molecule has 0 spiro atoms. The Kier molecular flexibility index (Phi) is 2.76. The van der Waals surface area contributed by atoms with E-state index in [1.165, 1.54) is 0 Å². The third kappa shape index (κ3) is 2.08. The number of phenolic OH excluding ortho intramolecular Hbond substituents is 1. The molecule has 0 fully saturated rings. The lowest BCUT2D eigenvalue weighted by atomic mass is 10.2. The van der Waals surface area contributed by atoms with E-state index in [-0.39, 0.29) is 5.75 Å². The summed E-state index contributed by atoms with van der Waals surface area (Å²) in [5, 5.41) is 18.5. The molecule has 0 bridgehead atoms. The highest BCUT2D eigenvalue weighted by atomic mass is 16.5. The number of hydrogen-bond acceptors (Lipinski definition) is 4. The van der Waals surface area contributed by atoms with Crippen molar-refractivity contribution in [3.63, 3.8) is 0 Å². The Bertz CT molecular complexity index is 736. The van der Waals surface area contributed by atoms with Gasteiger partial charge in [0.05, 0.1) is 11.7 Å². The predicted octanol–water partition coefficient (Wildman–Crippen LogP) is 3.44. The van der Waals surface area contributed by atoms with Crippen molar-refractivity contribution >= 4 is 10.9 Å². The van der Waals surface area contributed by atoms with Crippen LogP contribution in [0, 0.1) is 6.92 Å². The van der Waals surface area contributed by atoms with E-state index in [0.29, 0.717) is 17.1 Å². The Morgan fingerprint density at radius 2 is 1.84 bits per heavy atom. The summed E-state index contributed by atoms with van der Waals surface area (Å²) in [7, 11) is 0. The largest absolute Gasteiger partial charge is 0.508 e. The SMILES string of the molecule is Cc1c(O)cccc1Oc1cnnc2ccccc12. The Hall–Kier alpha value is -2.62. The van der Waals surface area contributed by atoms with Crippen LogP contribution in [0.3, 0.4) is 0 Å². The van der Waals surface area contributed by atoms with Crippen LogP contribution in [0.25, 0.3) is 10.9 Å². The molecular weight excluding hydrogens is 240 g/mol. The molecule has 0 saturated carbocycles. The van der Waals surface area contributed by atoms with Crippen LogP contribution >= 0.6 is 0 Å². The second kappa shape index (κ2) is 4.57. The van der Waals surface area contributed by atoms with E-state index in [0.717, 1.165) is 10.9 Å². The van der Waals surface area contributed by atoms with E-state index in [1.54, 1.807) is 18.3 Å². The summed E-state index contributed by atoms with van der Waals surface area (Å²) >= 11 is 0. The molecule has 0 aliphatic heterocycles. The molecule has 4 nitrogen and oxygen atoms in total. The second-order valence-electron chi connectivity index (χ2n) is 4.23. The summed E-state index contributed by atoms with van der Waals surface area (Å²) in [4.78, 5) is 0. The smallest absolute Gasteiger partial charge is 0.157 e. The molecule has 0 aliphatic rings. The number of aromatic hydroxyl groups is 1. The van der Waals surface area contributed by atoms with Crippen molar-refractivity contribution in [1.82, 2.24) is 10.2 Å². The lowest BCUT2D eigenvalue weighted by Gasteiger charge is -2.10. The van der Waals surface area contributed by atoms with Gasteiger partial charge in [-0.3, -0.25) is 0 Å². The fourth-order valence-corrected chi connectivity index (χ4v) is 1.90. The fraction of sp³-hybridized carbons (Fsp3) is 0.0667. The summed E-state index contributed by atoms with van der Waals surface area (Å²) in [5.41, 5.74) is 1.47. The Morgan fingerprint density at radius 3 is 2.74 bits per heavy atom. The Morgan fingerprint density at radius 1 is 1.00 bits per heavy atom. The number of nitrogens with zero attached hydrogens (tertiary/aromatic N) is 2. The van der Waals surface area contributed by atoms with Gasteiger partial charge in [0, 0.05) is 10.9 Å². The van der Waals surface area contributed by atoms with Crippen LogP contribution in [0.4, 0.5) is 0 Å². The quantitative estimate of drug-likeness (QED) is 0.759. The fourth-order valence-electron chi connectivity index (χ4n) is 1.90. The maximum atomic E-state index is 9.68. The normalized spacial score (nSPS) is 10.6. The van der Waals surface area contributed by atoms with Gasteiger partial charge in [-0.1, -0.05) is 18.2 Å². The maximum absolute atomic E-state index is 9.68. The van der Waals surface area contributed by atoms with E-state index >= 15 is 0 Å². The summed E-state index contributed by atoms with van der Waals surface area (Å²) in [6.07, 6.45) is 1.58. The number of phenols is 1. The van der Waals surface area contributed by atoms with Crippen molar-refractivity contribution in [2.45, 2.75) is 6.92 Å². The number of benzene rings is 2. The van der Waals surface area contributed by atoms with Crippen LogP contribution in [0.2, 0.25) is 0 Å². The molecule has 1 aromatic heterocycles. The van der Waals surface area contributed by atoms with Crippen molar-refractivity contribution < 1.29 is 9.84 Å². The van der Waals surface area contributed by atoms with Gasteiger partial charge < -0.3 is 9.84 Å². The van der Waals surface area contributed by atoms with Crippen LogP contribution in [-0.2, 0) is 0 Å². The number of aromatic nitrogens is 2. The second-order valence-corrected chi connectivity index (χ2v) is 4.23. The molecule has 0 unspecified atom stereocenters. The molecule has 3 aromatic rings. The molecule has 0 aliphatic carbocycles. The summed E-state index contributed by atoms with van der Waals surface area (Å²) in [6.45, 7) is 1.81. The zero-order valence-electron chi connectivity index (χ0n) is 10.4. The highest BCUT2D eigenvalue weighted by molar-refractivity contribution is 5.84. The summed E-state index contributed by atoms with van der Waals surface area (Å²) < 4.78 is 5.84. The van der Waals surface area contributed by atoms with E-state index in [9.17, 15) is 5.11 Å². The lowest BCUT2D eigenvalue weighted by Crippen LogP contribution is -1.92. The van der Waals surface area contributed by atoms with Crippen LogP contribution in [-0.4, -0.2) is 15.3 Å². The first-order chi connectivity index (χ1) is 9.25. The van der Waals surface area contributed by atoms with Gasteiger partial charge in [0.15, 0.2) is 5.75 Å². The molecule has 1 N–H and O–H groups in total. The van der Waals surface area contributed by atoms with E-state index in [4.69, 9.17) is 4.74 Å². The first-order valence-electron chi connectivity index (χ1n) is 5.92. The Labute approximate surface area is 110 Å². The lowest BCUT2D eigenvalue weighted by molar-refractivity contribution is 0.449. The van der Waals surface area contributed by atoms with E-state index < -0.39 is 0 Å². The van der Waals surface area contributed by atoms with Gasteiger partial charge in [-0.2, -0.15) is 10.2 Å². The average molecular weight is 252 g/mol. The number of fused-ring (bicyclic) bond motifs is 1. The minimum Gasteiger partial charge on any atom is -0.508 e. The highest BCUT2D eigenvalue weighted by Crippen LogP contribution is 2.32. The molecule has 0 radical (unpaired) electrons. The minimum absolute atomic E-state index is 0.212. The van der Waals surface area contributed by atoms with Gasteiger partial charge in [0.1, 0.15) is 11.5 Å². The molecule has 0 atom stereocenters. The molecule has 3 rings (SSSR count). The van der Waals surface area contributed by atoms with E-state index in [1.807, 2.05) is 37.3 Å². The number of rotatable bonds is 2. The van der Waals surface area contributed by atoms with Crippen molar-refractivity contribution in [3.8, 4) is 17.2 Å². The zero-order valence-corrected chi connectivity index (χ0v) is 10.4. The molecule has 0 amide bonds. The zero-order chi connectivity index (χ0) is 13.2. The Balaban J connectivity index is 2.09. The molecule has 4 heteroatoms. The van der Waals surface area contributed by atoms with Crippen LogP contribution in [0.15, 0.2) is 48.7 Å². The van der Waals surface area contributed by atoms with Gasteiger partial charge in [-0.25, -0.2) is 0 Å². The highest BCUT2D eigenvalue weighted by Gasteiger charge is 2.08. The molecule has 19 heavy (non-hydrogen) atoms. The molecule has 1 heterocycles. The van der Waals surface area contributed by atoms with Gasteiger partial charge >= 0.3 is 0 Å². The molecule has 2 aromatic carbocycles. The predicted molar refractivity (Wildman–Crippen MR) is 72.5 cm³/mol. The van der Waals surface area contributed by atoms with Crippen molar-refractivity contribution in [2.75, 3.05) is 0 Å². The summed E-state index contributed by atoms with van der Waals surface area (Å²) in [5.74, 6) is 1.45. The first-order valence-corrected chi connectivity index (χ1v) is 5.92. The van der Waals surface area contributed by atoms with Crippen LogP contribution in [0.1, 0.15) is 5.56 Å². The first kappa shape index (κ1) is 11.5. The van der Waals surface area contributed by atoms with Crippen LogP contribution in [0.5, 0.6) is 17.2 Å². The van der Waals surface area contributed by atoms with Crippen LogP contribution < -0.4 is 4.74 Å². The summed E-state index contributed by atoms with van der Waals surface area (Å²) in [6, 6.07) is 12.8. The van der Waals surface area contributed by atoms with Crippen molar-refractivity contribution in [1.29, 1.82) is 0 Å². The van der Waals surface area contributed by atoms with E-state index in [2.05, 4.69) is 10.2 Å². The third-order valence-corrected chi connectivity index (χ3v) is 2.99. The number of ether oxygens (including phenoxy) is 1. The van der Waals surface area contributed by atoms with Gasteiger partial charge in [-0.05, 0) is 31.2 Å². The van der Waals surface area contributed by atoms with Gasteiger partial charge in [-0.15, -0.1) is 0 Å². The monoisotopic (exact) mass is 252 g/mol. The van der Waals surface area contributed by atoms with Crippen molar-refractivity contribution in [2.24, 2.45) is 0 Å². The minimum atomic E-state index is 0.212. The topological polar surface area (TPSA) is 55.2 Å². The molecule has 94 valence electrons. The van der Waals surface area contributed by atoms with Gasteiger partial charge in [0.2, 0.25) is 0 Å². The number of hydrogen-bond donors (Lipinski definition) is 1.